The molecule has 1 unspecified atom stereocenters. The topological polar surface area (TPSA) is 12.0 Å². The summed E-state index contributed by atoms with van der Waals surface area (Å²) in [4.78, 5) is 0. The van der Waals surface area contributed by atoms with Gasteiger partial charge >= 0.3 is 0 Å². The lowest BCUT2D eigenvalue weighted by molar-refractivity contribution is 0.593. The molecule has 1 rings (SSSR count). The molecule has 0 radical (unpaired) electrons. The second-order valence-electron chi connectivity index (χ2n) is 3.33. The Morgan fingerprint density at radius 1 is 1.23 bits per heavy atom. The highest BCUT2D eigenvalue weighted by Gasteiger charge is 2.06. The molecular weight excluding hydrogens is 158 g/mol. The Labute approximate surface area is 81.2 Å². The van der Waals surface area contributed by atoms with E-state index in [1.165, 1.54) is 11.1 Å². The van der Waals surface area contributed by atoms with Crippen molar-refractivity contribution in [1.29, 1.82) is 0 Å². The minimum atomic E-state index is 0.473. The molecule has 72 valence electrons. The quantitative estimate of drug-likeness (QED) is 0.745. The van der Waals surface area contributed by atoms with Crippen LogP contribution in [0.1, 0.15) is 37.9 Å². The summed E-state index contributed by atoms with van der Waals surface area (Å²) in [5.74, 6) is 0. The van der Waals surface area contributed by atoms with Gasteiger partial charge in [0.1, 0.15) is 0 Å². The van der Waals surface area contributed by atoms with E-state index in [2.05, 4.69) is 50.4 Å². The van der Waals surface area contributed by atoms with Crippen molar-refractivity contribution >= 4 is 0 Å². The molecule has 0 heterocycles. The molecule has 0 saturated carbocycles. The highest BCUT2D eigenvalue weighted by molar-refractivity contribution is 5.29. The Kier molecular flexibility index (Phi) is 3.97. The summed E-state index contributed by atoms with van der Waals surface area (Å²) in [6.45, 7) is 7.60. The van der Waals surface area contributed by atoms with Crippen molar-refractivity contribution < 1.29 is 0 Å². The van der Waals surface area contributed by atoms with Crippen LogP contribution in [0, 0.1) is 0 Å². The van der Waals surface area contributed by atoms with Crippen molar-refractivity contribution in [3.8, 4) is 0 Å². The molecule has 1 aromatic carbocycles. The predicted octanol–water partition coefficient (Wildman–Crippen LogP) is 2.92. The van der Waals surface area contributed by atoms with Crippen LogP contribution in [0.2, 0.25) is 0 Å². The average Bonchev–Trinajstić information content (AvgIpc) is 2.18. The van der Waals surface area contributed by atoms with E-state index in [1.807, 2.05) is 0 Å². The fourth-order valence-corrected chi connectivity index (χ4v) is 1.69. The maximum Gasteiger partial charge on any atom is 0.0294 e. The van der Waals surface area contributed by atoms with Gasteiger partial charge in [-0.05, 0) is 31.0 Å². The fraction of sp³-hybridized carbons (Fsp3) is 0.500. The van der Waals surface area contributed by atoms with Gasteiger partial charge in [0, 0.05) is 6.04 Å². The van der Waals surface area contributed by atoms with Gasteiger partial charge in [0.15, 0.2) is 0 Å². The van der Waals surface area contributed by atoms with Crippen molar-refractivity contribution in [3.05, 3.63) is 35.4 Å². The zero-order chi connectivity index (χ0) is 9.68. The molecule has 1 aromatic rings. The molecule has 0 aliphatic carbocycles. The SMILES string of the molecule is CCNC(C)c1ccccc1CC. The molecule has 0 bridgehead atoms. The van der Waals surface area contributed by atoms with Crippen LogP contribution in [0.4, 0.5) is 0 Å². The second-order valence-corrected chi connectivity index (χ2v) is 3.33. The zero-order valence-corrected chi connectivity index (χ0v) is 8.80. The number of benzene rings is 1. The lowest BCUT2D eigenvalue weighted by atomic mass is 10.00. The van der Waals surface area contributed by atoms with Gasteiger partial charge in [-0.2, -0.15) is 0 Å². The smallest absolute Gasteiger partial charge is 0.0294 e. The first-order valence-corrected chi connectivity index (χ1v) is 5.10. The van der Waals surface area contributed by atoms with Gasteiger partial charge in [-0.25, -0.2) is 0 Å². The molecule has 0 aliphatic heterocycles. The van der Waals surface area contributed by atoms with E-state index in [0.717, 1.165) is 13.0 Å². The number of rotatable bonds is 4. The summed E-state index contributed by atoms with van der Waals surface area (Å²) >= 11 is 0. The third-order valence-electron chi connectivity index (χ3n) is 2.41. The monoisotopic (exact) mass is 177 g/mol. The largest absolute Gasteiger partial charge is 0.310 e. The summed E-state index contributed by atoms with van der Waals surface area (Å²) in [6, 6.07) is 9.12. The molecule has 0 aromatic heterocycles. The van der Waals surface area contributed by atoms with Crippen LogP contribution in [0.15, 0.2) is 24.3 Å². The molecule has 0 spiro atoms. The summed E-state index contributed by atoms with van der Waals surface area (Å²) in [6.07, 6.45) is 1.12. The van der Waals surface area contributed by atoms with Crippen molar-refractivity contribution in [2.24, 2.45) is 0 Å². The molecule has 0 aliphatic rings. The van der Waals surface area contributed by atoms with Gasteiger partial charge in [-0.1, -0.05) is 38.1 Å². The van der Waals surface area contributed by atoms with Gasteiger partial charge in [0.05, 0.1) is 0 Å². The Bertz CT molecular complexity index is 255. The van der Waals surface area contributed by atoms with Gasteiger partial charge in [0.25, 0.3) is 0 Å². The molecule has 0 amide bonds. The van der Waals surface area contributed by atoms with Crippen LogP contribution in [0.25, 0.3) is 0 Å². The normalized spacial score (nSPS) is 12.8. The third-order valence-corrected chi connectivity index (χ3v) is 2.41. The standard InChI is InChI=1S/C12H19N/c1-4-11-8-6-7-9-12(11)10(3)13-5-2/h6-10,13H,4-5H2,1-3H3. The van der Waals surface area contributed by atoms with E-state index in [1.54, 1.807) is 0 Å². The van der Waals surface area contributed by atoms with Crippen molar-refractivity contribution in [2.75, 3.05) is 6.54 Å². The second kappa shape index (κ2) is 5.03. The van der Waals surface area contributed by atoms with E-state index in [4.69, 9.17) is 0 Å². The first kappa shape index (κ1) is 10.3. The van der Waals surface area contributed by atoms with E-state index in [9.17, 15) is 0 Å². The predicted molar refractivity (Wildman–Crippen MR) is 57.9 cm³/mol. The number of hydrogen-bond donors (Lipinski definition) is 1. The van der Waals surface area contributed by atoms with Gasteiger partial charge < -0.3 is 5.32 Å². The lowest BCUT2D eigenvalue weighted by Gasteiger charge is -2.16. The van der Waals surface area contributed by atoms with Crippen molar-refractivity contribution in [3.63, 3.8) is 0 Å². The van der Waals surface area contributed by atoms with Gasteiger partial charge in [0.2, 0.25) is 0 Å². The van der Waals surface area contributed by atoms with Crippen LogP contribution in [0.3, 0.4) is 0 Å². The van der Waals surface area contributed by atoms with E-state index in [-0.39, 0.29) is 0 Å². The Balaban J connectivity index is 2.85. The molecule has 1 atom stereocenters. The Morgan fingerprint density at radius 3 is 2.54 bits per heavy atom. The Morgan fingerprint density at radius 2 is 1.92 bits per heavy atom. The minimum Gasteiger partial charge on any atom is -0.310 e. The molecule has 1 nitrogen and oxygen atoms in total. The van der Waals surface area contributed by atoms with Crippen LogP contribution in [0.5, 0.6) is 0 Å². The van der Waals surface area contributed by atoms with E-state index in [0.29, 0.717) is 6.04 Å². The molecular formula is C12H19N. The first-order chi connectivity index (χ1) is 6.29. The first-order valence-electron chi connectivity index (χ1n) is 5.10. The van der Waals surface area contributed by atoms with Gasteiger partial charge in [-0.15, -0.1) is 0 Å². The minimum absolute atomic E-state index is 0.473. The van der Waals surface area contributed by atoms with Crippen LogP contribution in [-0.4, -0.2) is 6.54 Å². The number of aryl methyl sites for hydroxylation is 1. The third kappa shape index (κ3) is 2.56. The zero-order valence-electron chi connectivity index (χ0n) is 8.80. The van der Waals surface area contributed by atoms with Crippen LogP contribution >= 0.6 is 0 Å². The number of nitrogens with one attached hydrogen (secondary N) is 1. The maximum absolute atomic E-state index is 3.44. The summed E-state index contributed by atoms with van der Waals surface area (Å²) in [7, 11) is 0. The number of hydrogen-bond acceptors (Lipinski definition) is 1. The summed E-state index contributed by atoms with van der Waals surface area (Å²) < 4.78 is 0. The van der Waals surface area contributed by atoms with Crippen molar-refractivity contribution in [2.45, 2.75) is 33.2 Å². The molecule has 1 heteroatoms. The highest BCUT2D eigenvalue weighted by atomic mass is 14.9. The summed E-state index contributed by atoms with van der Waals surface area (Å²) in [5, 5.41) is 3.44. The van der Waals surface area contributed by atoms with E-state index < -0.39 is 0 Å². The maximum atomic E-state index is 3.44. The van der Waals surface area contributed by atoms with Crippen LogP contribution < -0.4 is 5.32 Å². The molecule has 0 fully saturated rings. The highest BCUT2D eigenvalue weighted by Crippen LogP contribution is 2.17. The van der Waals surface area contributed by atoms with Crippen molar-refractivity contribution in [1.82, 2.24) is 5.32 Å². The average molecular weight is 177 g/mol. The van der Waals surface area contributed by atoms with Gasteiger partial charge in [-0.3, -0.25) is 0 Å². The van der Waals surface area contributed by atoms with E-state index >= 15 is 0 Å². The lowest BCUT2D eigenvalue weighted by Crippen LogP contribution is -2.18. The molecule has 13 heavy (non-hydrogen) atoms. The fourth-order valence-electron chi connectivity index (χ4n) is 1.69. The summed E-state index contributed by atoms with van der Waals surface area (Å²) in [5.41, 5.74) is 2.89. The molecule has 1 N–H and O–H groups in total. The van der Waals surface area contributed by atoms with Crippen LogP contribution in [-0.2, 0) is 6.42 Å². The molecule has 0 saturated heterocycles. The Hall–Kier alpha value is -0.820.